The fourth-order valence-corrected chi connectivity index (χ4v) is 7.35. The molecule has 6 rings (SSSR count). The molecule has 0 spiro atoms. The lowest BCUT2D eigenvalue weighted by atomic mass is 10.0. The molecule has 9 nitrogen and oxygen atoms in total. The highest BCUT2D eigenvalue weighted by molar-refractivity contribution is 7.99. The molecule has 2 aromatic heterocycles. The Labute approximate surface area is 249 Å². The number of carbonyl (C=O) groups excluding carboxylic acids is 1. The fraction of sp³-hybridized carbons (Fsp3) is 0.452. The normalized spacial score (nSPS) is 20.8. The molecule has 218 valence electrons. The van der Waals surface area contributed by atoms with Crippen LogP contribution in [0, 0.1) is 17.1 Å². The molecule has 1 amide bonds. The zero-order valence-electron chi connectivity index (χ0n) is 23.8. The van der Waals surface area contributed by atoms with Crippen molar-refractivity contribution in [3.63, 3.8) is 0 Å². The highest BCUT2D eigenvalue weighted by Crippen LogP contribution is 2.40. The van der Waals surface area contributed by atoms with Gasteiger partial charge in [-0.25, -0.2) is 4.39 Å². The number of benzene rings is 1. The number of thioether (sulfide) groups is 1. The van der Waals surface area contributed by atoms with Crippen molar-refractivity contribution >= 4 is 34.4 Å². The van der Waals surface area contributed by atoms with E-state index < -0.39 is 5.82 Å². The minimum absolute atomic E-state index is 0.111. The molecule has 3 aliphatic heterocycles. The van der Waals surface area contributed by atoms with Gasteiger partial charge in [-0.05, 0) is 56.7 Å². The third-order valence-corrected chi connectivity index (χ3v) is 9.74. The summed E-state index contributed by atoms with van der Waals surface area (Å²) in [6.45, 7) is 6.21. The van der Waals surface area contributed by atoms with Crippen LogP contribution in [0.3, 0.4) is 0 Å². The number of piperazine rings is 1. The van der Waals surface area contributed by atoms with Gasteiger partial charge in [0.2, 0.25) is 5.91 Å². The zero-order valence-corrected chi connectivity index (χ0v) is 24.6. The van der Waals surface area contributed by atoms with E-state index in [4.69, 9.17) is 9.72 Å². The molecule has 2 atom stereocenters. The van der Waals surface area contributed by atoms with E-state index in [1.54, 1.807) is 22.9 Å². The molecule has 0 bridgehead atoms. The third-order valence-electron chi connectivity index (χ3n) is 8.48. The van der Waals surface area contributed by atoms with Crippen LogP contribution in [0.4, 0.5) is 10.2 Å². The SMILES string of the molecule is C=CC(=O)N1CCN(c2nc(OC[C@@H]3CCCN3C)nc3c(F)c(-c4cccc5c4SCCC5)ncc23)C[C@@H]1CC#N. The number of likely N-dealkylation sites (N-methyl/N-ethyl adjacent to an activating group) is 1. The van der Waals surface area contributed by atoms with Gasteiger partial charge in [0, 0.05) is 42.3 Å². The van der Waals surface area contributed by atoms with Crippen LogP contribution >= 0.6 is 11.8 Å². The lowest BCUT2D eigenvalue weighted by Crippen LogP contribution is -2.55. The van der Waals surface area contributed by atoms with E-state index in [2.05, 4.69) is 40.6 Å². The molecule has 2 fully saturated rings. The second kappa shape index (κ2) is 12.2. The quantitative estimate of drug-likeness (QED) is 0.371. The second-order valence-corrected chi connectivity index (χ2v) is 12.1. The Kier molecular flexibility index (Phi) is 8.27. The fourth-order valence-electron chi connectivity index (χ4n) is 6.19. The average molecular weight is 588 g/mol. The third kappa shape index (κ3) is 5.41. The number of nitriles is 1. The van der Waals surface area contributed by atoms with Gasteiger partial charge in [0.25, 0.3) is 0 Å². The van der Waals surface area contributed by atoms with Gasteiger partial charge in [-0.2, -0.15) is 15.2 Å². The first-order valence-electron chi connectivity index (χ1n) is 14.5. The monoisotopic (exact) mass is 587 g/mol. The Hall–Kier alpha value is -3.75. The number of aromatic nitrogens is 3. The van der Waals surface area contributed by atoms with E-state index in [0.717, 1.165) is 48.4 Å². The number of nitrogens with zero attached hydrogens (tertiary/aromatic N) is 7. The van der Waals surface area contributed by atoms with Crippen molar-refractivity contribution in [1.82, 2.24) is 24.8 Å². The van der Waals surface area contributed by atoms with Crippen LogP contribution in [0.5, 0.6) is 6.01 Å². The summed E-state index contributed by atoms with van der Waals surface area (Å²) in [4.78, 5) is 33.4. The summed E-state index contributed by atoms with van der Waals surface area (Å²) < 4.78 is 22.6. The zero-order chi connectivity index (χ0) is 29.2. The number of ether oxygens (including phenoxy) is 1. The number of rotatable bonds is 7. The summed E-state index contributed by atoms with van der Waals surface area (Å²) in [6.07, 6.45) is 7.26. The van der Waals surface area contributed by atoms with Crippen LogP contribution in [-0.2, 0) is 11.2 Å². The number of carbonyl (C=O) groups is 1. The Balaban J connectivity index is 1.42. The number of anilines is 1. The molecule has 42 heavy (non-hydrogen) atoms. The van der Waals surface area contributed by atoms with Gasteiger partial charge in [-0.15, -0.1) is 11.8 Å². The van der Waals surface area contributed by atoms with Crippen molar-refractivity contribution in [2.75, 3.05) is 50.5 Å². The van der Waals surface area contributed by atoms with E-state index in [1.165, 1.54) is 11.6 Å². The van der Waals surface area contributed by atoms with Crippen LogP contribution in [0.1, 0.15) is 31.2 Å². The summed E-state index contributed by atoms with van der Waals surface area (Å²) in [5, 5.41) is 9.95. The predicted molar refractivity (Wildman–Crippen MR) is 161 cm³/mol. The van der Waals surface area contributed by atoms with Crippen LogP contribution in [0.25, 0.3) is 22.2 Å². The number of aryl methyl sites for hydroxylation is 1. The van der Waals surface area contributed by atoms with Crippen molar-refractivity contribution in [2.24, 2.45) is 0 Å². The molecule has 0 aliphatic carbocycles. The van der Waals surface area contributed by atoms with Crippen LogP contribution in [0.15, 0.2) is 41.9 Å². The maximum atomic E-state index is 16.5. The first-order valence-corrected chi connectivity index (χ1v) is 15.5. The molecule has 1 aromatic carbocycles. The first-order chi connectivity index (χ1) is 20.5. The van der Waals surface area contributed by atoms with Crippen molar-refractivity contribution < 1.29 is 13.9 Å². The Morgan fingerprint density at radius 3 is 2.93 bits per heavy atom. The highest BCUT2D eigenvalue weighted by Gasteiger charge is 2.32. The number of likely N-dealkylation sites (tertiary alicyclic amines) is 1. The standard InChI is InChI=1S/C31H34FN7O2S/c1-3-25(40)39-15-14-38(18-21(39)11-12-33)30-24-17-34-27(23-10-4-7-20-8-6-16-42-29(20)23)26(32)28(24)35-31(36-30)41-19-22-9-5-13-37(22)2/h3-4,7,10,17,21-22H,1,5-6,8-9,11,13-16,18-19H2,2H3/t21-,22-/m0/s1. The minimum atomic E-state index is -0.507. The molecule has 0 radical (unpaired) electrons. The summed E-state index contributed by atoms with van der Waals surface area (Å²) >= 11 is 1.74. The van der Waals surface area contributed by atoms with Crippen molar-refractivity contribution in [2.45, 2.75) is 49.1 Å². The Morgan fingerprint density at radius 2 is 2.14 bits per heavy atom. The molecule has 3 aliphatic rings. The Morgan fingerprint density at radius 1 is 1.26 bits per heavy atom. The van der Waals surface area contributed by atoms with Gasteiger partial charge in [-0.3, -0.25) is 9.78 Å². The number of halogens is 1. The maximum Gasteiger partial charge on any atom is 0.319 e. The molecule has 0 unspecified atom stereocenters. The second-order valence-electron chi connectivity index (χ2n) is 11.0. The Bertz CT molecular complexity index is 1560. The number of hydrogen-bond donors (Lipinski definition) is 0. The highest BCUT2D eigenvalue weighted by atomic mass is 32.2. The minimum Gasteiger partial charge on any atom is -0.462 e. The largest absolute Gasteiger partial charge is 0.462 e. The number of fused-ring (bicyclic) bond motifs is 2. The molecule has 2 saturated heterocycles. The molecular formula is C31H34FN7O2S. The molecule has 0 N–H and O–H groups in total. The van der Waals surface area contributed by atoms with E-state index in [-0.39, 0.29) is 41.6 Å². The first kappa shape index (κ1) is 28.4. The molecular weight excluding hydrogens is 553 g/mol. The van der Waals surface area contributed by atoms with E-state index >= 15 is 4.39 Å². The number of pyridine rings is 1. The van der Waals surface area contributed by atoms with Crippen LogP contribution in [0.2, 0.25) is 0 Å². The van der Waals surface area contributed by atoms with E-state index in [9.17, 15) is 10.1 Å². The van der Waals surface area contributed by atoms with Crippen LogP contribution < -0.4 is 9.64 Å². The molecule has 0 saturated carbocycles. The van der Waals surface area contributed by atoms with Gasteiger partial charge in [0.05, 0.1) is 23.9 Å². The molecule has 11 heteroatoms. The van der Waals surface area contributed by atoms with Crippen molar-refractivity contribution in [3.05, 3.63) is 48.4 Å². The smallest absolute Gasteiger partial charge is 0.319 e. The van der Waals surface area contributed by atoms with Gasteiger partial charge in [0.1, 0.15) is 23.6 Å². The summed E-state index contributed by atoms with van der Waals surface area (Å²) in [5.74, 6) is 0.760. The van der Waals surface area contributed by atoms with Gasteiger partial charge in [0.15, 0.2) is 5.82 Å². The van der Waals surface area contributed by atoms with Gasteiger partial charge >= 0.3 is 6.01 Å². The number of hydrogen-bond acceptors (Lipinski definition) is 9. The topological polar surface area (TPSA) is 98.5 Å². The number of amides is 1. The van der Waals surface area contributed by atoms with Gasteiger partial charge in [-0.1, -0.05) is 24.8 Å². The van der Waals surface area contributed by atoms with E-state index in [1.807, 2.05) is 17.0 Å². The van der Waals surface area contributed by atoms with E-state index in [0.29, 0.717) is 37.4 Å². The summed E-state index contributed by atoms with van der Waals surface area (Å²) in [7, 11) is 2.07. The summed E-state index contributed by atoms with van der Waals surface area (Å²) in [5.41, 5.74) is 2.41. The predicted octanol–water partition coefficient (Wildman–Crippen LogP) is 4.46. The molecule has 3 aromatic rings. The summed E-state index contributed by atoms with van der Waals surface area (Å²) in [6, 6.07) is 8.17. The van der Waals surface area contributed by atoms with Crippen LogP contribution in [-0.4, -0.2) is 88.3 Å². The lowest BCUT2D eigenvalue weighted by Gasteiger charge is -2.41. The van der Waals surface area contributed by atoms with Crippen molar-refractivity contribution in [3.8, 4) is 23.3 Å². The average Bonchev–Trinajstić information content (AvgIpc) is 3.44. The van der Waals surface area contributed by atoms with Gasteiger partial charge < -0.3 is 19.4 Å². The maximum absolute atomic E-state index is 16.5. The lowest BCUT2D eigenvalue weighted by molar-refractivity contribution is -0.128. The van der Waals surface area contributed by atoms with Crippen molar-refractivity contribution in [1.29, 1.82) is 5.26 Å². The molecule has 5 heterocycles.